The molecule has 1 aromatic rings. The van der Waals surface area contributed by atoms with Crippen LogP contribution in [0.1, 0.15) is 13.8 Å². The maximum absolute atomic E-state index is 9.44. The first-order valence-electron chi connectivity index (χ1n) is 3.65. The van der Waals surface area contributed by atoms with Gasteiger partial charge in [-0.25, -0.2) is 0 Å². The third-order valence-corrected chi connectivity index (χ3v) is 0.667. The zero-order chi connectivity index (χ0) is 9.82. The molecule has 0 saturated heterocycles. The summed E-state index contributed by atoms with van der Waals surface area (Å²) in [5.74, 6) is 0.167. The molecule has 1 aromatic carbocycles. The number of ketones is 1. The van der Waals surface area contributed by atoms with Gasteiger partial charge in [0.25, 0.3) is 0 Å². The molecule has 68 valence electrons. The van der Waals surface area contributed by atoms with Crippen molar-refractivity contribution in [2.45, 2.75) is 13.8 Å². The number of Topliss-reactive ketones (excluding diaryl/α,β-unsaturated/α-hetero) is 1. The minimum absolute atomic E-state index is 0.167. The Kier molecular flexibility index (Phi) is 14.0. The van der Waals surface area contributed by atoms with Crippen LogP contribution in [0.5, 0.6) is 0 Å². The molecule has 0 radical (unpaired) electrons. The van der Waals surface area contributed by atoms with E-state index >= 15 is 0 Å². The lowest BCUT2D eigenvalue weighted by Crippen LogP contribution is -1.69. The van der Waals surface area contributed by atoms with E-state index in [0.29, 0.717) is 0 Å². The highest BCUT2D eigenvalue weighted by Crippen LogP contribution is 1.79. The predicted molar refractivity (Wildman–Crippen MR) is 50.9 cm³/mol. The topological polar surface area (TPSA) is 37.3 Å². The van der Waals surface area contributed by atoms with Crippen LogP contribution in [0.25, 0.3) is 0 Å². The SMILES string of the molecule is CC(C)=O.CO.c1ccccc1. The molecule has 0 heterocycles. The van der Waals surface area contributed by atoms with E-state index in [4.69, 9.17) is 5.11 Å². The molecule has 1 N–H and O–H groups in total. The van der Waals surface area contributed by atoms with Crippen LogP contribution < -0.4 is 0 Å². The van der Waals surface area contributed by atoms with Crippen LogP contribution in [0.3, 0.4) is 0 Å². The van der Waals surface area contributed by atoms with E-state index in [1.54, 1.807) is 0 Å². The molecule has 0 spiro atoms. The Balaban J connectivity index is 0. The van der Waals surface area contributed by atoms with Gasteiger partial charge in [0.05, 0.1) is 0 Å². The summed E-state index contributed by atoms with van der Waals surface area (Å²) in [5, 5.41) is 7.00. The fourth-order valence-electron chi connectivity index (χ4n) is 0.385. The Bertz CT molecular complexity index is 140. The van der Waals surface area contributed by atoms with E-state index in [2.05, 4.69) is 0 Å². The van der Waals surface area contributed by atoms with E-state index in [-0.39, 0.29) is 5.78 Å². The van der Waals surface area contributed by atoms with Crippen molar-refractivity contribution in [3.05, 3.63) is 36.4 Å². The fraction of sp³-hybridized carbons (Fsp3) is 0.300. The number of carbonyl (C=O) groups is 1. The van der Waals surface area contributed by atoms with Crippen LogP contribution in [0, 0.1) is 0 Å². The Labute approximate surface area is 73.9 Å². The van der Waals surface area contributed by atoms with E-state index in [1.165, 1.54) is 13.8 Å². The zero-order valence-corrected chi connectivity index (χ0v) is 7.82. The number of carbonyl (C=O) groups excluding carboxylic acids is 1. The van der Waals surface area contributed by atoms with Gasteiger partial charge in [0, 0.05) is 7.11 Å². The van der Waals surface area contributed by atoms with E-state index in [9.17, 15) is 4.79 Å². The van der Waals surface area contributed by atoms with Crippen LogP contribution in [0.4, 0.5) is 0 Å². The second-order valence-corrected chi connectivity index (χ2v) is 2.06. The van der Waals surface area contributed by atoms with Gasteiger partial charge in [-0.2, -0.15) is 0 Å². The summed E-state index contributed by atoms with van der Waals surface area (Å²) in [6.45, 7) is 3.06. The number of hydrogen-bond donors (Lipinski definition) is 1. The minimum Gasteiger partial charge on any atom is -0.400 e. The number of benzene rings is 1. The summed E-state index contributed by atoms with van der Waals surface area (Å²) in [4.78, 5) is 9.44. The predicted octanol–water partition coefficient (Wildman–Crippen LogP) is 1.89. The lowest BCUT2D eigenvalue weighted by molar-refractivity contribution is -0.114. The van der Waals surface area contributed by atoms with E-state index < -0.39 is 0 Å². The quantitative estimate of drug-likeness (QED) is 0.642. The van der Waals surface area contributed by atoms with Crippen LogP contribution >= 0.6 is 0 Å². The summed E-state index contributed by atoms with van der Waals surface area (Å²) >= 11 is 0. The van der Waals surface area contributed by atoms with Crippen LogP contribution in [-0.2, 0) is 4.79 Å². The maximum Gasteiger partial charge on any atom is 0.126 e. The molecule has 0 atom stereocenters. The molecule has 0 saturated carbocycles. The highest BCUT2D eigenvalue weighted by atomic mass is 16.2. The molecule has 0 bridgehead atoms. The Morgan fingerprint density at radius 1 is 0.833 bits per heavy atom. The Morgan fingerprint density at radius 2 is 0.917 bits per heavy atom. The van der Waals surface area contributed by atoms with Gasteiger partial charge < -0.3 is 9.90 Å². The van der Waals surface area contributed by atoms with Crippen LogP contribution in [-0.4, -0.2) is 18.0 Å². The molecule has 0 fully saturated rings. The molecule has 0 amide bonds. The molecule has 0 aliphatic rings. The molecule has 0 aromatic heterocycles. The van der Waals surface area contributed by atoms with Crippen molar-refractivity contribution in [3.63, 3.8) is 0 Å². The second-order valence-electron chi connectivity index (χ2n) is 2.06. The average Bonchev–Trinajstić information content (AvgIpc) is 2.10. The fourth-order valence-corrected chi connectivity index (χ4v) is 0.385. The zero-order valence-electron chi connectivity index (χ0n) is 7.82. The second kappa shape index (κ2) is 12.5. The molecule has 0 aliphatic carbocycles. The third kappa shape index (κ3) is 23.2. The molecule has 0 unspecified atom stereocenters. The summed E-state index contributed by atoms with van der Waals surface area (Å²) in [6.07, 6.45) is 0. The number of rotatable bonds is 0. The van der Waals surface area contributed by atoms with Gasteiger partial charge in [-0.05, 0) is 13.8 Å². The van der Waals surface area contributed by atoms with Crippen molar-refractivity contribution in [2.75, 3.05) is 7.11 Å². The van der Waals surface area contributed by atoms with Crippen LogP contribution in [0.2, 0.25) is 0 Å². The van der Waals surface area contributed by atoms with E-state index in [0.717, 1.165) is 7.11 Å². The summed E-state index contributed by atoms with van der Waals surface area (Å²) in [7, 11) is 1.00. The summed E-state index contributed by atoms with van der Waals surface area (Å²) < 4.78 is 0. The van der Waals surface area contributed by atoms with Crippen molar-refractivity contribution in [1.29, 1.82) is 0 Å². The third-order valence-electron chi connectivity index (χ3n) is 0.667. The van der Waals surface area contributed by atoms with Crippen molar-refractivity contribution in [1.82, 2.24) is 0 Å². The standard InChI is InChI=1S/C6H6.C3H6O.CH4O/c1-2-4-6-5-3-1;1-3(2)4;1-2/h1-6H;1-2H3;2H,1H3. The van der Waals surface area contributed by atoms with Gasteiger partial charge in [0.1, 0.15) is 5.78 Å². The first kappa shape index (κ1) is 13.4. The Hall–Kier alpha value is -1.15. The van der Waals surface area contributed by atoms with Gasteiger partial charge in [-0.1, -0.05) is 36.4 Å². The molecule has 2 nitrogen and oxygen atoms in total. The van der Waals surface area contributed by atoms with Crippen molar-refractivity contribution >= 4 is 5.78 Å². The number of aliphatic hydroxyl groups excluding tert-OH is 1. The van der Waals surface area contributed by atoms with Crippen molar-refractivity contribution < 1.29 is 9.90 Å². The molecule has 0 aliphatic heterocycles. The lowest BCUT2D eigenvalue weighted by Gasteiger charge is -1.69. The summed E-state index contributed by atoms with van der Waals surface area (Å²) in [6, 6.07) is 12.0. The van der Waals surface area contributed by atoms with Gasteiger partial charge in [-0.15, -0.1) is 0 Å². The maximum atomic E-state index is 9.44. The average molecular weight is 168 g/mol. The highest BCUT2D eigenvalue weighted by Gasteiger charge is 1.62. The largest absolute Gasteiger partial charge is 0.400 e. The van der Waals surface area contributed by atoms with Gasteiger partial charge >= 0.3 is 0 Å². The van der Waals surface area contributed by atoms with Crippen molar-refractivity contribution in [3.8, 4) is 0 Å². The molecular weight excluding hydrogens is 152 g/mol. The smallest absolute Gasteiger partial charge is 0.126 e. The van der Waals surface area contributed by atoms with Gasteiger partial charge in [0.2, 0.25) is 0 Å². The molecule has 1 rings (SSSR count). The summed E-state index contributed by atoms with van der Waals surface area (Å²) in [5.41, 5.74) is 0. The molecule has 2 heteroatoms. The molecule has 12 heavy (non-hydrogen) atoms. The van der Waals surface area contributed by atoms with Gasteiger partial charge in [-0.3, -0.25) is 0 Å². The molecular formula is C10H16O2. The first-order valence-corrected chi connectivity index (χ1v) is 3.65. The normalized spacial score (nSPS) is 6.67. The van der Waals surface area contributed by atoms with Crippen molar-refractivity contribution in [2.24, 2.45) is 0 Å². The lowest BCUT2D eigenvalue weighted by atomic mass is 10.4. The van der Waals surface area contributed by atoms with E-state index in [1.807, 2.05) is 36.4 Å². The number of aliphatic hydroxyl groups is 1. The number of hydrogen-bond acceptors (Lipinski definition) is 2. The van der Waals surface area contributed by atoms with Crippen LogP contribution in [0.15, 0.2) is 36.4 Å². The monoisotopic (exact) mass is 168 g/mol. The Morgan fingerprint density at radius 3 is 1.00 bits per heavy atom. The highest BCUT2D eigenvalue weighted by molar-refractivity contribution is 5.72. The first-order chi connectivity index (χ1) is 5.73. The minimum atomic E-state index is 0.167. The van der Waals surface area contributed by atoms with Gasteiger partial charge in [0.15, 0.2) is 0 Å².